The van der Waals surface area contributed by atoms with Crippen LogP contribution in [-0.4, -0.2) is 103 Å². The van der Waals surface area contributed by atoms with Crippen LogP contribution < -0.4 is 37.6 Å². The fraction of sp³-hybridized carbons (Fsp3) is 0.833. The Labute approximate surface area is 298 Å². The lowest BCUT2D eigenvalue weighted by atomic mass is 9.92. The molecular formula is C36H65N9O5. The number of hydrogen-bond donors (Lipinski definition) is 8. The average molecular weight is 704 g/mol. The van der Waals surface area contributed by atoms with Gasteiger partial charge in [0.2, 0.25) is 23.6 Å². The van der Waals surface area contributed by atoms with Crippen LogP contribution in [0.5, 0.6) is 0 Å². The van der Waals surface area contributed by atoms with Crippen LogP contribution >= 0.6 is 0 Å². The zero-order valence-corrected chi connectivity index (χ0v) is 30.8. The molecule has 5 atom stereocenters. The number of ketones is 1. The molecule has 0 bridgehead atoms. The predicted molar refractivity (Wildman–Crippen MR) is 194 cm³/mol. The highest BCUT2D eigenvalue weighted by molar-refractivity contribution is 6.01. The molecule has 1 saturated carbocycles. The number of piperazine rings is 2. The molecule has 2 aliphatic heterocycles. The molecule has 0 spiro atoms. The molecule has 1 aliphatic carbocycles. The van der Waals surface area contributed by atoms with Crippen molar-refractivity contribution >= 4 is 35.4 Å². The highest BCUT2D eigenvalue weighted by atomic mass is 16.2. The van der Waals surface area contributed by atoms with Gasteiger partial charge in [0.1, 0.15) is 12.1 Å². The van der Waals surface area contributed by atoms with Gasteiger partial charge < -0.3 is 37.6 Å². The van der Waals surface area contributed by atoms with Gasteiger partial charge in [0, 0.05) is 38.6 Å². The van der Waals surface area contributed by atoms with Crippen LogP contribution in [0.3, 0.4) is 0 Å². The second kappa shape index (κ2) is 21.2. The van der Waals surface area contributed by atoms with Crippen LogP contribution in [0, 0.1) is 11.3 Å². The largest absolute Gasteiger partial charge is 0.370 e. The van der Waals surface area contributed by atoms with Gasteiger partial charge in [0.05, 0.1) is 17.6 Å². The first-order valence-electron chi connectivity index (χ1n) is 19.3. The lowest BCUT2D eigenvalue weighted by molar-refractivity contribution is -0.144. The van der Waals surface area contributed by atoms with E-state index in [1.165, 1.54) is 0 Å². The van der Waals surface area contributed by atoms with Gasteiger partial charge in [-0.25, -0.2) is 0 Å². The van der Waals surface area contributed by atoms with E-state index in [4.69, 9.17) is 11.1 Å². The van der Waals surface area contributed by atoms with Crippen molar-refractivity contribution in [3.05, 3.63) is 0 Å². The van der Waals surface area contributed by atoms with Crippen LogP contribution in [0.25, 0.3) is 0 Å². The summed E-state index contributed by atoms with van der Waals surface area (Å²) in [4.78, 5) is 67.8. The highest BCUT2D eigenvalue weighted by Gasteiger charge is 2.60. The molecule has 2 heterocycles. The third-order valence-corrected chi connectivity index (χ3v) is 10.4. The minimum absolute atomic E-state index is 0.0579. The number of nitrogens with two attached hydrogens (primary N) is 1. The Hall–Kier alpha value is -3.26. The maximum Gasteiger partial charge on any atom is 0.243 e. The number of nitrogens with zero attached hydrogens (tertiary/aromatic N) is 1. The van der Waals surface area contributed by atoms with Crippen molar-refractivity contribution in [1.29, 1.82) is 5.41 Å². The Balaban J connectivity index is 1.48. The molecule has 14 heteroatoms. The minimum Gasteiger partial charge on any atom is -0.370 e. The van der Waals surface area contributed by atoms with E-state index < -0.39 is 23.7 Å². The summed E-state index contributed by atoms with van der Waals surface area (Å²) in [6, 6.07) is -2.44. The number of unbranched alkanes of at least 4 members (excludes halogenated alkanes) is 7. The molecule has 0 aromatic heterocycles. The summed E-state index contributed by atoms with van der Waals surface area (Å²) >= 11 is 0. The molecule has 3 aliphatic rings. The second-order valence-corrected chi connectivity index (χ2v) is 14.5. The first-order chi connectivity index (χ1) is 24.0. The number of guanidine groups is 1. The molecule has 3 rings (SSSR count). The van der Waals surface area contributed by atoms with Crippen molar-refractivity contribution in [2.75, 3.05) is 32.7 Å². The summed E-state index contributed by atoms with van der Waals surface area (Å²) in [6.07, 6.45) is 13.7. The number of hydrogen-bond acceptors (Lipinski definition) is 8. The van der Waals surface area contributed by atoms with Gasteiger partial charge in [-0.1, -0.05) is 72.1 Å². The zero-order chi connectivity index (χ0) is 36.5. The van der Waals surface area contributed by atoms with Crippen LogP contribution in [0.1, 0.15) is 124 Å². The molecule has 1 unspecified atom stereocenters. The van der Waals surface area contributed by atoms with E-state index in [1.54, 1.807) is 0 Å². The lowest BCUT2D eigenvalue weighted by Crippen LogP contribution is -2.70. The Kier molecular flexibility index (Phi) is 17.4. The van der Waals surface area contributed by atoms with Crippen molar-refractivity contribution in [3.63, 3.8) is 0 Å². The maximum absolute atomic E-state index is 14.0. The van der Waals surface area contributed by atoms with Crippen molar-refractivity contribution in [3.8, 4) is 0 Å². The van der Waals surface area contributed by atoms with E-state index in [0.717, 1.165) is 70.6 Å². The molecule has 0 aromatic rings. The maximum atomic E-state index is 14.0. The van der Waals surface area contributed by atoms with Crippen molar-refractivity contribution in [1.82, 2.24) is 36.8 Å². The summed E-state index contributed by atoms with van der Waals surface area (Å²) in [7, 11) is 0. The molecule has 50 heavy (non-hydrogen) atoms. The monoisotopic (exact) mass is 704 g/mol. The summed E-state index contributed by atoms with van der Waals surface area (Å²) in [5, 5.41) is 25.3. The van der Waals surface area contributed by atoms with E-state index in [0.29, 0.717) is 58.3 Å². The van der Waals surface area contributed by atoms with Crippen LogP contribution in [-0.2, 0) is 24.0 Å². The van der Waals surface area contributed by atoms with Crippen molar-refractivity contribution < 1.29 is 24.0 Å². The SMILES string of the molecule is CCCCCC(C)C(=O)NCCCCCCCNC(=O)[C@H]1CN(C2(C(=O)[C@H]3CN[C@@H](CCCC)C(=O)N3)CC2)[C@@H](CCCNC(=N)N)C(=O)N1. The summed E-state index contributed by atoms with van der Waals surface area (Å²) in [5.74, 6) is -0.814. The smallest absolute Gasteiger partial charge is 0.243 e. The number of rotatable bonds is 24. The number of Topliss-reactive ketones (excluding diaryl/α,β-unsaturated/α-hetero) is 1. The summed E-state index contributed by atoms with van der Waals surface area (Å²) in [5.41, 5.74) is 4.51. The van der Waals surface area contributed by atoms with Crippen LogP contribution in [0.4, 0.5) is 0 Å². The number of amides is 4. The van der Waals surface area contributed by atoms with Gasteiger partial charge in [-0.05, 0) is 51.4 Å². The fourth-order valence-electron chi connectivity index (χ4n) is 7.13. The lowest BCUT2D eigenvalue weighted by Gasteiger charge is -2.44. The molecule has 2 saturated heterocycles. The second-order valence-electron chi connectivity index (χ2n) is 14.5. The highest BCUT2D eigenvalue weighted by Crippen LogP contribution is 2.46. The first kappa shape index (κ1) is 41.2. The fourth-order valence-corrected chi connectivity index (χ4v) is 7.13. The van der Waals surface area contributed by atoms with Gasteiger partial charge in [0.15, 0.2) is 11.7 Å². The Morgan fingerprint density at radius 2 is 1.48 bits per heavy atom. The Morgan fingerprint density at radius 3 is 2.12 bits per heavy atom. The Morgan fingerprint density at radius 1 is 0.840 bits per heavy atom. The predicted octanol–water partition coefficient (Wildman–Crippen LogP) is 1.57. The first-order valence-corrected chi connectivity index (χ1v) is 19.3. The van der Waals surface area contributed by atoms with E-state index in [2.05, 4.69) is 45.7 Å². The normalized spacial score (nSPS) is 23.7. The van der Waals surface area contributed by atoms with E-state index in [-0.39, 0.29) is 53.9 Å². The minimum atomic E-state index is -0.919. The molecular weight excluding hydrogens is 638 g/mol. The standard InChI is InChI=1S/C36H65N9O5/c1-4-6-11-15-25(3)31(47)39-20-12-9-8-10-13-21-40-32(48)28-24-45(29(34(50)44-28)17-14-22-41-35(37)38)36(18-19-36)30(46)27-23-42-26(16-7-5-2)33(49)43-27/h25-29,42H,4-24H2,1-3H3,(H,39,47)(H,40,48)(H,43,49)(H,44,50)(H4,37,38,41)/t25?,26-,27+,28+,29-/m0/s1. The van der Waals surface area contributed by atoms with Gasteiger partial charge >= 0.3 is 0 Å². The Bertz CT molecular complexity index is 1150. The van der Waals surface area contributed by atoms with Crippen molar-refractivity contribution in [2.45, 2.75) is 153 Å². The third kappa shape index (κ3) is 12.5. The van der Waals surface area contributed by atoms with E-state index in [9.17, 15) is 24.0 Å². The van der Waals surface area contributed by atoms with Crippen LogP contribution in [0.15, 0.2) is 0 Å². The number of carbonyl (C=O) groups is 5. The van der Waals surface area contributed by atoms with Crippen LogP contribution in [0.2, 0.25) is 0 Å². The van der Waals surface area contributed by atoms with E-state index in [1.807, 2.05) is 11.8 Å². The van der Waals surface area contributed by atoms with Gasteiger partial charge in [0.25, 0.3) is 0 Å². The average Bonchev–Trinajstić information content (AvgIpc) is 3.90. The molecule has 4 amide bonds. The summed E-state index contributed by atoms with van der Waals surface area (Å²) < 4.78 is 0. The molecule has 3 fully saturated rings. The number of nitrogens with one attached hydrogen (secondary N) is 7. The molecule has 14 nitrogen and oxygen atoms in total. The molecule has 284 valence electrons. The molecule has 9 N–H and O–H groups in total. The topological polar surface area (TPSA) is 211 Å². The quantitative estimate of drug-likeness (QED) is 0.0416. The van der Waals surface area contributed by atoms with E-state index >= 15 is 0 Å². The summed E-state index contributed by atoms with van der Waals surface area (Å²) in [6.45, 7) is 8.35. The molecule has 0 radical (unpaired) electrons. The van der Waals surface area contributed by atoms with Gasteiger partial charge in [-0.15, -0.1) is 0 Å². The van der Waals surface area contributed by atoms with Gasteiger partial charge in [-0.2, -0.15) is 0 Å². The third-order valence-electron chi connectivity index (χ3n) is 10.4. The van der Waals surface area contributed by atoms with Gasteiger partial charge in [-0.3, -0.25) is 34.3 Å². The molecule has 0 aromatic carbocycles. The zero-order valence-electron chi connectivity index (χ0n) is 30.8. The number of carbonyl (C=O) groups excluding carboxylic acids is 5. The van der Waals surface area contributed by atoms with Crippen molar-refractivity contribution in [2.24, 2.45) is 11.7 Å².